The summed E-state index contributed by atoms with van der Waals surface area (Å²) in [6.45, 7) is 0.433. The number of halogens is 1. The molecule has 0 spiro atoms. The van der Waals surface area contributed by atoms with E-state index in [1.165, 1.54) is 12.1 Å². The van der Waals surface area contributed by atoms with Gasteiger partial charge in [0.2, 0.25) is 5.91 Å². The lowest BCUT2D eigenvalue weighted by atomic mass is 10.3. The van der Waals surface area contributed by atoms with Gasteiger partial charge in [0.15, 0.2) is 0 Å². The average molecular weight is 226 g/mol. The van der Waals surface area contributed by atoms with Crippen molar-refractivity contribution < 1.29 is 13.9 Å². The standard InChI is InChI=1S/C11H15FN2O2/c1-13-14-11(15)3-2-8-16-10-6-4-9(12)5-7-10/h4-7,13H,2-3,8H2,1H3,(H,14,15). The highest BCUT2D eigenvalue weighted by Crippen LogP contribution is 2.11. The second-order valence-electron chi connectivity index (χ2n) is 3.20. The molecule has 0 aliphatic carbocycles. The van der Waals surface area contributed by atoms with Gasteiger partial charge in [-0.15, -0.1) is 0 Å². The third kappa shape index (κ3) is 4.75. The summed E-state index contributed by atoms with van der Waals surface area (Å²) >= 11 is 0. The SMILES string of the molecule is CNNC(=O)CCCOc1ccc(F)cc1. The van der Waals surface area contributed by atoms with Crippen LogP contribution in [0.1, 0.15) is 12.8 Å². The molecule has 5 heteroatoms. The Labute approximate surface area is 93.8 Å². The molecule has 0 bridgehead atoms. The minimum Gasteiger partial charge on any atom is -0.494 e. The molecule has 0 aliphatic heterocycles. The number of rotatable bonds is 6. The summed E-state index contributed by atoms with van der Waals surface area (Å²) in [6.07, 6.45) is 1.01. The number of hydrogen-bond donors (Lipinski definition) is 2. The van der Waals surface area contributed by atoms with Crippen LogP contribution in [0.15, 0.2) is 24.3 Å². The monoisotopic (exact) mass is 226 g/mol. The van der Waals surface area contributed by atoms with Gasteiger partial charge in [0.05, 0.1) is 6.61 Å². The highest BCUT2D eigenvalue weighted by molar-refractivity contribution is 5.75. The molecule has 1 aromatic rings. The van der Waals surface area contributed by atoms with E-state index in [-0.39, 0.29) is 11.7 Å². The zero-order valence-corrected chi connectivity index (χ0v) is 9.13. The van der Waals surface area contributed by atoms with Crippen molar-refractivity contribution in [2.24, 2.45) is 0 Å². The van der Waals surface area contributed by atoms with Gasteiger partial charge in [-0.05, 0) is 30.7 Å². The quantitative estimate of drug-likeness (QED) is 0.566. The van der Waals surface area contributed by atoms with Crippen molar-refractivity contribution >= 4 is 5.91 Å². The lowest BCUT2D eigenvalue weighted by molar-refractivity contribution is -0.122. The molecule has 4 nitrogen and oxygen atoms in total. The van der Waals surface area contributed by atoms with Crippen molar-refractivity contribution in [2.45, 2.75) is 12.8 Å². The van der Waals surface area contributed by atoms with Crippen LogP contribution in [0.25, 0.3) is 0 Å². The fraction of sp³-hybridized carbons (Fsp3) is 0.364. The first-order valence-electron chi connectivity index (χ1n) is 5.06. The maximum atomic E-state index is 12.6. The second kappa shape index (κ2) is 6.79. The molecule has 0 atom stereocenters. The van der Waals surface area contributed by atoms with Crippen LogP contribution in [0.2, 0.25) is 0 Å². The maximum absolute atomic E-state index is 12.6. The van der Waals surface area contributed by atoms with Crippen LogP contribution in [-0.4, -0.2) is 19.6 Å². The van der Waals surface area contributed by atoms with E-state index in [1.807, 2.05) is 0 Å². The van der Waals surface area contributed by atoms with Gasteiger partial charge in [-0.2, -0.15) is 0 Å². The van der Waals surface area contributed by atoms with E-state index in [1.54, 1.807) is 19.2 Å². The van der Waals surface area contributed by atoms with Crippen molar-refractivity contribution in [3.05, 3.63) is 30.1 Å². The highest BCUT2D eigenvalue weighted by atomic mass is 19.1. The maximum Gasteiger partial charge on any atom is 0.234 e. The van der Waals surface area contributed by atoms with Crippen LogP contribution in [-0.2, 0) is 4.79 Å². The van der Waals surface area contributed by atoms with E-state index in [0.29, 0.717) is 25.2 Å². The summed E-state index contributed by atoms with van der Waals surface area (Å²) in [5, 5.41) is 0. The molecular formula is C11H15FN2O2. The summed E-state index contributed by atoms with van der Waals surface area (Å²) in [4.78, 5) is 11.0. The van der Waals surface area contributed by atoms with Gasteiger partial charge in [0.1, 0.15) is 11.6 Å². The second-order valence-corrected chi connectivity index (χ2v) is 3.20. The van der Waals surface area contributed by atoms with Crippen LogP contribution in [0.5, 0.6) is 5.75 Å². The predicted molar refractivity (Wildman–Crippen MR) is 58.3 cm³/mol. The number of ether oxygens (including phenoxy) is 1. The molecule has 1 rings (SSSR count). The summed E-state index contributed by atoms with van der Waals surface area (Å²) in [5.41, 5.74) is 5.01. The number of carbonyl (C=O) groups excluding carboxylic acids is 1. The fourth-order valence-electron chi connectivity index (χ4n) is 1.16. The summed E-state index contributed by atoms with van der Waals surface area (Å²) in [7, 11) is 1.63. The Morgan fingerprint density at radius 1 is 1.38 bits per heavy atom. The van der Waals surface area contributed by atoms with Gasteiger partial charge in [0, 0.05) is 13.5 Å². The first kappa shape index (κ1) is 12.4. The Morgan fingerprint density at radius 2 is 2.06 bits per heavy atom. The lowest BCUT2D eigenvalue weighted by Crippen LogP contribution is -2.34. The van der Waals surface area contributed by atoms with Gasteiger partial charge in [-0.3, -0.25) is 10.2 Å². The summed E-state index contributed by atoms with van der Waals surface area (Å²) in [6, 6.07) is 5.79. The molecule has 0 heterocycles. The zero-order valence-electron chi connectivity index (χ0n) is 9.13. The number of hydrogen-bond acceptors (Lipinski definition) is 3. The van der Waals surface area contributed by atoms with Crippen molar-refractivity contribution in [1.29, 1.82) is 0 Å². The Balaban J connectivity index is 2.16. The molecule has 0 aromatic heterocycles. The molecule has 0 saturated carbocycles. The van der Waals surface area contributed by atoms with Crippen molar-refractivity contribution in [1.82, 2.24) is 10.9 Å². The molecular weight excluding hydrogens is 211 g/mol. The van der Waals surface area contributed by atoms with Crippen molar-refractivity contribution in [3.8, 4) is 5.75 Å². The fourth-order valence-corrected chi connectivity index (χ4v) is 1.16. The van der Waals surface area contributed by atoms with E-state index >= 15 is 0 Å². The minimum atomic E-state index is -0.291. The Hall–Kier alpha value is -1.62. The van der Waals surface area contributed by atoms with E-state index in [2.05, 4.69) is 10.9 Å². The Kier molecular flexibility index (Phi) is 5.28. The first-order chi connectivity index (χ1) is 7.72. The largest absolute Gasteiger partial charge is 0.494 e. The van der Waals surface area contributed by atoms with E-state index in [4.69, 9.17) is 4.74 Å². The molecule has 0 fully saturated rings. The van der Waals surface area contributed by atoms with Crippen LogP contribution in [0.3, 0.4) is 0 Å². The molecule has 16 heavy (non-hydrogen) atoms. The smallest absolute Gasteiger partial charge is 0.234 e. The molecule has 2 N–H and O–H groups in total. The van der Waals surface area contributed by atoms with Crippen LogP contribution < -0.4 is 15.6 Å². The topological polar surface area (TPSA) is 50.4 Å². The van der Waals surface area contributed by atoms with E-state index in [0.717, 1.165) is 0 Å². The summed E-state index contributed by atoms with van der Waals surface area (Å²) < 4.78 is 17.9. The zero-order chi connectivity index (χ0) is 11.8. The van der Waals surface area contributed by atoms with Gasteiger partial charge in [-0.1, -0.05) is 0 Å². The van der Waals surface area contributed by atoms with E-state index < -0.39 is 0 Å². The number of amides is 1. The molecule has 0 radical (unpaired) electrons. The van der Waals surface area contributed by atoms with Crippen molar-refractivity contribution in [3.63, 3.8) is 0 Å². The number of hydrazine groups is 1. The molecule has 0 aliphatic rings. The molecule has 0 saturated heterocycles. The molecule has 1 amide bonds. The molecule has 1 aromatic carbocycles. The van der Waals surface area contributed by atoms with E-state index in [9.17, 15) is 9.18 Å². The highest BCUT2D eigenvalue weighted by Gasteiger charge is 1.99. The summed E-state index contributed by atoms with van der Waals surface area (Å²) in [5.74, 6) is 0.237. The van der Waals surface area contributed by atoms with Crippen LogP contribution in [0, 0.1) is 5.82 Å². The van der Waals surface area contributed by atoms with Gasteiger partial charge in [-0.25, -0.2) is 9.82 Å². The number of nitrogens with one attached hydrogen (secondary N) is 2. The van der Waals surface area contributed by atoms with Crippen molar-refractivity contribution in [2.75, 3.05) is 13.7 Å². The molecule has 88 valence electrons. The number of carbonyl (C=O) groups is 1. The van der Waals surface area contributed by atoms with Gasteiger partial charge >= 0.3 is 0 Å². The minimum absolute atomic E-state index is 0.0785. The third-order valence-corrected chi connectivity index (χ3v) is 1.89. The van der Waals surface area contributed by atoms with Gasteiger partial charge < -0.3 is 4.74 Å². The van der Waals surface area contributed by atoms with Gasteiger partial charge in [0.25, 0.3) is 0 Å². The first-order valence-corrected chi connectivity index (χ1v) is 5.06. The average Bonchev–Trinajstić information content (AvgIpc) is 2.27. The van der Waals surface area contributed by atoms with Crippen LogP contribution >= 0.6 is 0 Å². The Bertz CT molecular complexity index is 327. The third-order valence-electron chi connectivity index (χ3n) is 1.89. The normalized spacial score (nSPS) is 9.88. The number of benzene rings is 1. The van der Waals surface area contributed by atoms with Crippen LogP contribution in [0.4, 0.5) is 4.39 Å². The Morgan fingerprint density at radius 3 is 2.69 bits per heavy atom. The molecule has 0 unspecified atom stereocenters. The lowest BCUT2D eigenvalue weighted by Gasteiger charge is -2.06. The predicted octanol–water partition coefficient (Wildman–Crippen LogP) is 1.24.